The van der Waals surface area contributed by atoms with Crippen molar-refractivity contribution in [2.45, 2.75) is 52.0 Å². The second-order valence-corrected chi connectivity index (χ2v) is 7.24. The number of aromatic nitrogens is 2. The van der Waals surface area contributed by atoms with Crippen molar-refractivity contribution >= 4 is 5.91 Å². The van der Waals surface area contributed by atoms with Gasteiger partial charge in [0.25, 0.3) is 11.5 Å². The van der Waals surface area contributed by atoms with E-state index >= 15 is 0 Å². The van der Waals surface area contributed by atoms with Crippen molar-refractivity contribution in [3.8, 4) is 5.69 Å². The van der Waals surface area contributed by atoms with Crippen molar-refractivity contribution in [2.75, 3.05) is 19.6 Å². The van der Waals surface area contributed by atoms with Crippen LogP contribution >= 0.6 is 0 Å². The van der Waals surface area contributed by atoms with E-state index in [1.165, 1.54) is 17.5 Å². The van der Waals surface area contributed by atoms with Crippen molar-refractivity contribution in [2.24, 2.45) is 0 Å². The molecule has 6 heteroatoms. The number of carbonyl (C=O) groups is 1. The monoisotopic (exact) mass is 370 g/mol. The molecule has 3 rings (SSSR count). The lowest BCUT2D eigenvalue weighted by atomic mass is 10.0. The maximum absolute atomic E-state index is 12.5. The fourth-order valence-electron chi connectivity index (χ4n) is 3.82. The van der Waals surface area contributed by atoms with E-state index in [4.69, 9.17) is 0 Å². The molecule has 0 saturated carbocycles. The van der Waals surface area contributed by atoms with Crippen molar-refractivity contribution < 1.29 is 4.79 Å². The molecule has 0 unspecified atom stereocenters. The fraction of sp³-hybridized carbons (Fsp3) is 0.524. The van der Waals surface area contributed by atoms with Gasteiger partial charge in [-0.2, -0.15) is 0 Å². The molecule has 0 aliphatic carbocycles. The standard InChI is InChI=1S/C21H30N4O2/c1-3-7-17-14-20(26)25(23-17)18-11-9-16(10-12-18)21(27)22-15-19-8-5-6-13-24(19)4-2/h9-12,14,19,23H,3-8,13,15H2,1-2H3,(H,22,27)/t19-/m1/s1. The van der Waals surface area contributed by atoms with Crippen LogP contribution in [0.25, 0.3) is 5.69 Å². The van der Waals surface area contributed by atoms with Gasteiger partial charge in [0.05, 0.1) is 5.69 Å². The zero-order valence-electron chi connectivity index (χ0n) is 16.3. The molecule has 1 aromatic heterocycles. The molecule has 0 radical (unpaired) electrons. The van der Waals surface area contributed by atoms with Crippen LogP contribution in [0.2, 0.25) is 0 Å². The number of hydrogen-bond acceptors (Lipinski definition) is 3. The number of aromatic amines is 1. The molecule has 1 aromatic carbocycles. The SMILES string of the molecule is CCCc1cc(=O)n(-c2ccc(C(=O)NC[C@H]3CCCCN3CC)cc2)[nH]1. The third kappa shape index (κ3) is 4.69. The highest BCUT2D eigenvalue weighted by atomic mass is 16.1. The van der Waals surface area contributed by atoms with Crippen LogP contribution in [0.5, 0.6) is 0 Å². The summed E-state index contributed by atoms with van der Waals surface area (Å²) in [5, 5.41) is 6.19. The van der Waals surface area contributed by atoms with E-state index in [1.54, 1.807) is 18.2 Å². The number of H-pyrrole nitrogens is 1. The van der Waals surface area contributed by atoms with Crippen LogP contribution in [0.1, 0.15) is 55.6 Å². The molecule has 1 atom stereocenters. The zero-order chi connectivity index (χ0) is 19.2. The molecule has 2 N–H and O–H groups in total. The van der Waals surface area contributed by atoms with E-state index in [0.717, 1.165) is 43.7 Å². The van der Waals surface area contributed by atoms with Crippen molar-refractivity contribution in [1.82, 2.24) is 20.0 Å². The molecule has 27 heavy (non-hydrogen) atoms. The summed E-state index contributed by atoms with van der Waals surface area (Å²) in [4.78, 5) is 27.0. The molecule has 0 bridgehead atoms. The number of nitrogens with one attached hydrogen (secondary N) is 2. The van der Waals surface area contributed by atoms with Crippen LogP contribution in [0.4, 0.5) is 0 Å². The van der Waals surface area contributed by atoms with Gasteiger partial charge < -0.3 is 5.32 Å². The van der Waals surface area contributed by atoms with Crippen LogP contribution in [-0.4, -0.2) is 46.3 Å². The second-order valence-electron chi connectivity index (χ2n) is 7.24. The molecule has 1 amide bonds. The second kappa shape index (κ2) is 9.04. The summed E-state index contributed by atoms with van der Waals surface area (Å²) in [5.41, 5.74) is 2.21. The largest absolute Gasteiger partial charge is 0.350 e. The Labute approximate surface area is 160 Å². The van der Waals surface area contributed by atoms with Crippen molar-refractivity contribution in [3.63, 3.8) is 0 Å². The Balaban J connectivity index is 1.63. The van der Waals surface area contributed by atoms with E-state index in [-0.39, 0.29) is 11.5 Å². The first-order valence-corrected chi connectivity index (χ1v) is 10.1. The van der Waals surface area contributed by atoms with Gasteiger partial charge in [0.15, 0.2) is 0 Å². The van der Waals surface area contributed by atoms with Gasteiger partial charge in [0.1, 0.15) is 0 Å². The normalized spacial score (nSPS) is 17.8. The van der Waals surface area contributed by atoms with Crippen LogP contribution in [0, 0.1) is 0 Å². The van der Waals surface area contributed by atoms with E-state index in [1.807, 2.05) is 12.1 Å². The van der Waals surface area contributed by atoms with E-state index < -0.39 is 0 Å². The number of amides is 1. The Morgan fingerprint density at radius 3 is 2.70 bits per heavy atom. The fourth-order valence-corrected chi connectivity index (χ4v) is 3.82. The van der Waals surface area contributed by atoms with Crippen LogP contribution in [-0.2, 0) is 6.42 Å². The number of benzene rings is 1. The van der Waals surface area contributed by atoms with Crippen molar-refractivity contribution in [3.05, 3.63) is 51.9 Å². The number of aryl methyl sites for hydroxylation is 1. The van der Waals surface area contributed by atoms with E-state index in [0.29, 0.717) is 18.2 Å². The molecule has 1 fully saturated rings. The molecule has 2 heterocycles. The summed E-state index contributed by atoms with van der Waals surface area (Å²) in [6, 6.07) is 9.23. The highest BCUT2D eigenvalue weighted by Crippen LogP contribution is 2.16. The lowest BCUT2D eigenvalue weighted by Crippen LogP contribution is -2.46. The van der Waals surface area contributed by atoms with Gasteiger partial charge in [-0.3, -0.25) is 19.6 Å². The summed E-state index contributed by atoms with van der Waals surface area (Å²) in [7, 11) is 0. The Morgan fingerprint density at radius 2 is 2.00 bits per heavy atom. The molecule has 1 aliphatic heterocycles. The predicted octanol–water partition coefficient (Wildman–Crippen LogP) is 2.72. The molecular weight excluding hydrogens is 340 g/mol. The molecule has 2 aromatic rings. The van der Waals surface area contributed by atoms with Crippen LogP contribution < -0.4 is 10.9 Å². The molecule has 1 aliphatic rings. The number of carbonyl (C=O) groups excluding carboxylic acids is 1. The Bertz CT molecular complexity index is 806. The van der Waals surface area contributed by atoms with Gasteiger partial charge in [-0.05, 0) is 56.6 Å². The maximum Gasteiger partial charge on any atom is 0.271 e. The van der Waals surface area contributed by atoms with Gasteiger partial charge in [0, 0.05) is 29.9 Å². The van der Waals surface area contributed by atoms with Gasteiger partial charge >= 0.3 is 0 Å². The smallest absolute Gasteiger partial charge is 0.271 e. The minimum absolute atomic E-state index is 0.0614. The summed E-state index contributed by atoms with van der Waals surface area (Å²) in [5.74, 6) is -0.0614. The minimum Gasteiger partial charge on any atom is -0.350 e. The van der Waals surface area contributed by atoms with E-state index in [9.17, 15) is 9.59 Å². The molecule has 146 valence electrons. The van der Waals surface area contributed by atoms with Gasteiger partial charge in [-0.1, -0.05) is 26.7 Å². The van der Waals surface area contributed by atoms with Gasteiger partial charge in [-0.25, -0.2) is 4.68 Å². The predicted molar refractivity (Wildman–Crippen MR) is 108 cm³/mol. The summed E-state index contributed by atoms with van der Waals surface area (Å²) in [6.45, 7) is 7.09. The molecule has 6 nitrogen and oxygen atoms in total. The highest BCUT2D eigenvalue weighted by molar-refractivity contribution is 5.94. The first-order valence-electron chi connectivity index (χ1n) is 10.1. The summed E-state index contributed by atoms with van der Waals surface area (Å²) in [6.07, 6.45) is 5.45. The Morgan fingerprint density at radius 1 is 1.22 bits per heavy atom. The van der Waals surface area contributed by atoms with Crippen LogP contribution in [0.15, 0.2) is 35.1 Å². The molecular formula is C21H30N4O2. The Hall–Kier alpha value is -2.34. The number of piperidine rings is 1. The van der Waals surface area contributed by atoms with Crippen molar-refractivity contribution in [1.29, 1.82) is 0 Å². The highest BCUT2D eigenvalue weighted by Gasteiger charge is 2.21. The summed E-state index contributed by atoms with van der Waals surface area (Å²) < 4.78 is 1.52. The first kappa shape index (κ1) is 19.4. The van der Waals surface area contributed by atoms with Crippen LogP contribution in [0.3, 0.4) is 0 Å². The lowest BCUT2D eigenvalue weighted by Gasteiger charge is -2.34. The first-order chi connectivity index (χ1) is 13.1. The Kier molecular flexibility index (Phi) is 6.50. The number of likely N-dealkylation sites (tertiary alicyclic amines) is 1. The summed E-state index contributed by atoms with van der Waals surface area (Å²) >= 11 is 0. The quantitative estimate of drug-likeness (QED) is 0.787. The zero-order valence-corrected chi connectivity index (χ0v) is 16.3. The third-order valence-corrected chi connectivity index (χ3v) is 5.33. The molecule has 1 saturated heterocycles. The third-order valence-electron chi connectivity index (χ3n) is 5.33. The van der Waals surface area contributed by atoms with E-state index in [2.05, 4.69) is 29.2 Å². The van der Waals surface area contributed by atoms with Gasteiger partial charge in [-0.15, -0.1) is 0 Å². The minimum atomic E-state index is -0.0763. The topological polar surface area (TPSA) is 70.1 Å². The number of hydrogen-bond donors (Lipinski definition) is 2. The number of likely N-dealkylation sites (N-methyl/N-ethyl adjacent to an activating group) is 1. The molecule has 0 spiro atoms. The maximum atomic E-state index is 12.5. The number of nitrogens with zero attached hydrogens (tertiary/aromatic N) is 2. The lowest BCUT2D eigenvalue weighted by molar-refractivity contribution is 0.0918. The average molecular weight is 370 g/mol. The van der Waals surface area contributed by atoms with Gasteiger partial charge in [0.2, 0.25) is 0 Å². The average Bonchev–Trinajstić information content (AvgIpc) is 3.07. The number of rotatable bonds is 7.